The molecule has 1 amide bonds. The van der Waals surface area contributed by atoms with E-state index in [9.17, 15) is 9.59 Å². The zero-order chi connectivity index (χ0) is 17.6. The number of amides is 1. The molecule has 0 spiro atoms. The standard InChI is InChI=1S/C18H22N4O3/c1-2-22-12-16(13-23)17(19-22)20-8-10-21(11-9-20)18(24)25-14-15-6-4-3-5-7-15/h3-7,12-13H,2,8-11,14H2,1H3. The van der Waals surface area contributed by atoms with Gasteiger partial charge in [0.25, 0.3) is 0 Å². The zero-order valence-corrected chi connectivity index (χ0v) is 14.3. The number of carbonyl (C=O) groups is 2. The van der Waals surface area contributed by atoms with Gasteiger partial charge in [-0.15, -0.1) is 0 Å². The molecule has 0 bridgehead atoms. The number of aromatic nitrogens is 2. The van der Waals surface area contributed by atoms with Crippen molar-refractivity contribution >= 4 is 18.2 Å². The second-order valence-electron chi connectivity index (χ2n) is 5.90. The van der Waals surface area contributed by atoms with Crippen molar-refractivity contribution in [1.29, 1.82) is 0 Å². The first-order valence-corrected chi connectivity index (χ1v) is 8.44. The lowest BCUT2D eigenvalue weighted by Gasteiger charge is -2.34. The van der Waals surface area contributed by atoms with Crippen LogP contribution >= 0.6 is 0 Å². The SMILES string of the molecule is CCn1cc(C=O)c(N2CCN(C(=O)OCc3ccccc3)CC2)n1. The number of benzene rings is 1. The van der Waals surface area contributed by atoms with Crippen molar-refractivity contribution in [3.63, 3.8) is 0 Å². The van der Waals surface area contributed by atoms with E-state index in [2.05, 4.69) is 5.10 Å². The van der Waals surface area contributed by atoms with Crippen LogP contribution in [0.15, 0.2) is 36.5 Å². The van der Waals surface area contributed by atoms with E-state index in [0.717, 1.165) is 11.8 Å². The van der Waals surface area contributed by atoms with E-state index in [1.54, 1.807) is 15.8 Å². The summed E-state index contributed by atoms with van der Waals surface area (Å²) in [7, 11) is 0. The number of piperazine rings is 1. The molecule has 2 heterocycles. The predicted molar refractivity (Wildman–Crippen MR) is 93.7 cm³/mol. The van der Waals surface area contributed by atoms with Crippen LogP contribution in [0.4, 0.5) is 10.6 Å². The molecule has 0 atom stereocenters. The van der Waals surface area contributed by atoms with E-state index in [-0.39, 0.29) is 12.7 Å². The molecule has 2 aromatic rings. The molecule has 132 valence electrons. The van der Waals surface area contributed by atoms with Crippen molar-refractivity contribution in [3.05, 3.63) is 47.7 Å². The second-order valence-corrected chi connectivity index (χ2v) is 5.90. The third-order valence-electron chi connectivity index (χ3n) is 4.26. The monoisotopic (exact) mass is 342 g/mol. The van der Waals surface area contributed by atoms with Gasteiger partial charge in [0, 0.05) is 38.9 Å². The number of aldehydes is 1. The topological polar surface area (TPSA) is 67.7 Å². The summed E-state index contributed by atoms with van der Waals surface area (Å²) < 4.78 is 7.12. The summed E-state index contributed by atoms with van der Waals surface area (Å²) in [6.07, 6.45) is 2.27. The average Bonchev–Trinajstić information content (AvgIpc) is 3.10. The first-order valence-electron chi connectivity index (χ1n) is 8.44. The Balaban J connectivity index is 1.54. The highest BCUT2D eigenvalue weighted by Gasteiger charge is 2.25. The normalized spacial score (nSPS) is 14.4. The van der Waals surface area contributed by atoms with Crippen LogP contribution in [0.2, 0.25) is 0 Å². The van der Waals surface area contributed by atoms with Gasteiger partial charge in [-0.3, -0.25) is 9.48 Å². The Kier molecular flexibility index (Phi) is 5.33. The first kappa shape index (κ1) is 17.0. The van der Waals surface area contributed by atoms with Gasteiger partial charge in [-0.2, -0.15) is 5.10 Å². The minimum Gasteiger partial charge on any atom is -0.445 e. The van der Waals surface area contributed by atoms with Crippen LogP contribution in [0.5, 0.6) is 0 Å². The molecule has 25 heavy (non-hydrogen) atoms. The van der Waals surface area contributed by atoms with Gasteiger partial charge in [0.2, 0.25) is 0 Å². The molecule has 0 unspecified atom stereocenters. The van der Waals surface area contributed by atoms with Crippen LogP contribution in [-0.4, -0.2) is 53.2 Å². The Morgan fingerprint density at radius 2 is 1.92 bits per heavy atom. The van der Waals surface area contributed by atoms with Crippen LogP contribution in [0.3, 0.4) is 0 Å². The number of nitrogens with zero attached hydrogens (tertiary/aromatic N) is 4. The van der Waals surface area contributed by atoms with E-state index in [4.69, 9.17) is 4.74 Å². The fourth-order valence-electron chi connectivity index (χ4n) is 2.83. The lowest BCUT2D eigenvalue weighted by Crippen LogP contribution is -2.49. The maximum Gasteiger partial charge on any atom is 0.410 e. The molecule has 0 N–H and O–H groups in total. The molecule has 1 aliphatic rings. The van der Waals surface area contributed by atoms with Crippen LogP contribution in [0, 0.1) is 0 Å². The number of hydrogen-bond acceptors (Lipinski definition) is 5. The number of anilines is 1. The lowest BCUT2D eigenvalue weighted by atomic mass is 10.2. The Morgan fingerprint density at radius 3 is 2.56 bits per heavy atom. The van der Waals surface area contributed by atoms with Crippen molar-refractivity contribution in [2.75, 3.05) is 31.1 Å². The molecule has 0 aliphatic carbocycles. The number of carbonyl (C=O) groups excluding carboxylic acids is 2. The van der Waals surface area contributed by atoms with Crippen LogP contribution in [0.25, 0.3) is 0 Å². The Labute approximate surface area is 146 Å². The number of aryl methyl sites for hydroxylation is 1. The summed E-state index contributed by atoms with van der Waals surface area (Å²) in [5, 5.41) is 4.45. The van der Waals surface area contributed by atoms with Crippen molar-refractivity contribution in [2.24, 2.45) is 0 Å². The van der Waals surface area contributed by atoms with Gasteiger partial charge in [0.15, 0.2) is 12.1 Å². The van der Waals surface area contributed by atoms with Crippen LogP contribution in [0.1, 0.15) is 22.8 Å². The average molecular weight is 342 g/mol. The maximum atomic E-state index is 12.2. The minimum absolute atomic E-state index is 0.274. The summed E-state index contributed by atoms with van der Waals surface area (Å²) in [4.78, 5) is 27.2. The highest BCUT2D eigenvalue weighted by Crippen LogP contribution is 2.19. The molecule has 0 radical (unpaired) electrons. The summed E-state index contributed by atoms with van der Waals surface area (Å²) in [5.41, 5.74) is 1.55. The fraction of sp³-hybridized carbons (Fsp3) is 0.389. The molecule has 3 rings (SSSR count). The molecular weight excluding hydrogens is 320 g/mol. The second kappa shape index (κ2) is 7.83. The molecule has 7 nitrogen and oxygen atoms in total. The maximum absolute atomic E-state index is 12.2. The zero-order valence-electron chi connectivity index (χ0n) is 14.3. The predicted octanol–water partition coefficient (Wildman–Crippen LogP) is 2.17. The van der Waals surface area contributed by atoms with Gasteiger partial charge >= 0.3 is 6.09 Å². The molecule has 0 saturated carbocycles. The van der Waals surface area contributed by atoms with Gasteiger partial charge in [-0.05, 0) is 12.5 Å². The molecular formula is C18H22N4O3. The summed E-state index contributed by atoms with van der Waals surface area (Å²) >= 11 is 0. The van der Waals surface area contributed by atoms with E-state index >= 15 is 0 Å². The van der Waals surface area contributed by atoms with Gasteiger partial charge in [-0.1, -0.05) is 30.3 Å². The molecule has 1 aromatic carbocycles. The van der Waals surface area contributed by atoms with Crippen molar-refractivity contribution in [3.8, 4) is 0 Å². The first-order chi connectivity index (χ1) is 12.2. The summed E-state index contributed by atoms with van der Waals surface area (Å²) in [6, 6.07) is 9.62. The van der Waals surface area contributed by atoms with Gasteiger partial charge in [-0.25, -0.2) is 4.79 Å². The van der Waals surface area contributed by atoms with Gasteiger partial charge in [0.1, 0.15) is 6.61 Å². The lowest BCUT2D eigenvalue weighted by molar-refractivity contribution is 0.0940. The van der Waals surface area contributed by atoms with E-state index in [1.807, 2.05) is 42.2 Å². The Hall–Kier alpha value is -2.83. The van der Waals surface area contributed by atoms with Gasteiger partial charge in [0.05, 0.1) is 5.56 Å². The fourth-order valence-corrected chi connectivity index (χ4v) is 2.83. The van der Waals surface area contributed by atoms with Crippen LogP contribution < -0.4 is 4.90 Å². The molecule has 7 heteroatoms. The summed E-state index contributed by atoms with van der Waals surface area (Å²) in [5.74, 6) is 0.689. The van der Waals surface area contributed by atoms with Crippen molar-refractivity contribution in [2.45, 2.75) is 20.1 Å². The molecule has 1 fully saturated rings. The summed E-state index contributed by atoms with van der Waals surface area (Å²) in [6.45, 7) is 5.31. The largest absolute Gasteiger partial charge is 0.445 e. The van der Waals surface area contributed by atoms with Crippen molar-refractivity contribution in [1.82, 2.24) is 14.7 Å². The smallest absolute Gasteiger partial charge is 0.410 e. The number of hydrogen-bond donors (Lipinski definition) is 0. The highest BCUT2D eigenvalue weighted by molar-refractivity contribution is 5.82. The Bertz CT molecular complexity index is 721. The minimum atomic E-state index is -0.307. The van der Waals surface area contributed by atoms with Crippen LogP contribution in [-0.2, 0) is 17.9 Å². The quantitative estimate of drug-likeness (QED) is 0.779. The third-order valence-corrected chi connectivity index (χ3v) is 4.26. The molecule has 1 aromatic heterocycles. The highest BCUT2D eigenvalue weighted by atomic mass is 16.6. The van der Waals surface area contributed by atoms with E-state index in [1.165, 1.54) is 0 Å². The molecule has 1 saturated heterocycles. The number of ether oxygens (including phenoxy) is 1. The van der Waals surface area contributed by atoms with Gasteiger partial charge < -0.3 is 14.5 Å². The molecule has 1 aliphatic heterocycles. The third kappa shape index (κ3) is 3.99. The van der Waals surface area contributed by atoms with E-state index < -0.39 is 0 Å². The van der Waals surface area contributed by atoms with Crippen molar-refractivity contribution < 1.29 is 14.3 Å². The van der Waals surface area contributed by atoms with E-state index in [0.29, 0.717) is 44.1 Å². The number of rotatable bonds is 5. The Morgan fingerprint density at radius 1 is 1.20 bits per heavy atom.